The Balaban J connectivity index is 1.97. The second-order valence-electron chi connectivity index (χ2n) is 7.34. The number of hydrogen-bond donors (Lipinski definition) is 1. The van der Waals surface area contributed by atoms with Gasteiger partial charge in [-0.3, -0.25) is 0 Å². The van der Waals surface area contributed by atoms with E-state index in [-0.39, 0.29) is 5.41 Å². The van der Waals surface area contributed by atoms with Gasteiger partial charge in [-0.1, -0.05) is 39.3 Å². The lowest BCUT2D eigenvalue weighted by Crippen LogP contribution is -2.26. The van der Waals surface area contributed by atoms with Gasteiger partial charge in [-0.15, -0.1) is 0 Å². The van der Waals surface area contributed by atoms with Crippen molar-refractivity contribution >= 4 is 11.6 Å². The molecular formula is C18H28ClNO. The van der Waals surface area contributed by atoms with E-state index in [1.807, 2.05) is 6.07 Å². The van der Waals surface area contributed by atoms with Gasteiger partial charge in [0.05, 0.1) is 6.61 Å². The maximum atomic E-state index is 6.25. The maximum Gasteiger partial charge on any atom is 0.125 e. The Bertz CT molecular complexity index is 482. The van der Waals surface area contributed by atoms with E-state index in [9.17, 15) is 0 Å². The number of halogens is 1. The summed E-state index contributed by atoms with van der Waals surface area (Å²) in [6, 6.07) is 4.12. The molecule has 21 heavy (non-hydrogen) atoms. The van der Waals surface area contributed by atoms with Crippen LogP contribution in [0.25, 0.3) is 0 Å². The van der Waals surface area contributed by atoms with Gasteiger partial charge in [-0.25, -0.2) is 0 Å². The van der Waals surface area contributed by atoms with Crippen LogP contribution in [0, 0.1) is 11.3 Å². The SMILES string of the molecule is CC(C)CNCCC(C)(C)Cc1cc(Cl)cc2c1OCC2. The summed E-state index contributed by atoms with van der Waals surface area (Å²) in [5, 5.41) is 4.37. The van der Waals surface area contributed by atoms with E-state index in [4.69, 9.17) is 16.3 Å². The molecule has 1 heterocycles. The Morgan fingerprint density at radius 3 is 2.81 bits per heavy atom. The van der Waals surface area contributed by atoms with Crippen molar-refractivity contribution in [3.8, 4) is 5.75 Å². The summed E-state index contributed by atoms with van der Waals surface area (Å²) in [4.78, 5) is 0. The van der Waals surface area contributed by atoms with Gasteiger partial charge in [0.2, 0.25) is 0 Å². The van der Waals surface area contributed by atoms with E-state index < -0.39 is 0 Å². The lowest BCUT2D eigenvalue weighted by Gasteiger charge is -2.26. The molecule has 0 unspecified atom stereocenters. The molecule has 2 rings (SSSR count). The van der Waals surface area contributed by atoms with Gasteiger partial charge in [0.15, 0.2) is 0 Å². The molecular weight excluding hydrogens is 282 g/mol. The molecule has 1 aromatic carbocycles. The minimum absolute atomic E-state index is 0.244. The van der Waals surface area contributed by atoms with Crippen molar-refractivity contribution in [2.24, 2.45) is 11.3 Å². The minimum atomic E-state index is 0.244. The van der Waals surface area contributed by atoms with Crippen molar-refractivity contribution in [1.82, 2.24) is 5.32 Å². The van der Waals surface area contributed by atoms with Crippen LogP contribution < -0.4 is 10.1 Å². The van der Waals surface area contributed by atoms with Gasteiger partial charge < -0.3 is 10.1 Å². The zero-order valence-electron chi connectivity index (χ0n) is 13.8. The van der Waals surface area contributed by atoms with E-state index in [0.717, 1.165) is 49.7 Å². The Labute approximate surface area is 134 Å². The molecule has 118 valence electrons. The fourth-order valence-corrected chi connectivity index (χ4v) is 3.16. The third-order valence-electron chi connectivity index (χ3n) is 4.03. The Morgan fingerprint density at radius 1 is 1.33 bits per heavy atom. The molecule has 0 aliphatic carbocycles. The van der Waals surface area contributed by atoms with Gasteiger partial charge in [0.1, 0.15) is 5.75 Å². The topological polar surface area (TPSA) is 21.3 Å². The van der Waals surface area contributed by atoms with Crippen molar-refractivity contribution in [2.45, 2.75) is 47.0 Å². The monoisotopic (exact) mass is 309 g/mol. The zero-order chi connectivity index (χ0) is 15.5. The van der Waals surface area contributed by atoms with E-state index >= 15 is 0 Å². The Morgan fingerprint density at radius 2 is 2.10 bits per heavy atom. The molecule has 0 saturated carbocycles. The lowest BCUT2D eigenvalue weighted by molar-refractivity contribution is 0.309. The van der Waals surface area contributed by atoms with Crippen LogP contribution in [0.4, 0.5) is 0 Å². The first kappa shape index (κ1) is 16.6. The molecule has 3 heteroatoms. The fourth-order valence-electron chi connectivity index (χ4n) is 2.90. The third kappa shape index (κ3) is 4.89. The molecule has 2 nitrogen and oxygen atoms in total. The van der Waals surface area contributed by atoms with Crippen LogP contribution in [0.1, 0.15) is 45.2 Å². The van der Waals surface area contributed by atoms with Gasteiger partial charge in [0, 0.05) is 11.4 Å². The predicted octanol–water partition coefficient (Wildman–Crippen LogP) is 4.48. The summed E-state index contributed by atoms with van der Waals surface area (Å²) in [5.74, 6) is 1.79. The highest BCUT2D eigenvalue weighted by Crippen LogP contribution is 2.37. The summed E-state index contributed by atoms with van der Waals surface area (Å²) in [7, 11) is 0. The number of rotatable bonds is 7. The quantitative estimate of drug-likeness (QED) is 0.750. The highest BCUT2D eigenvalue weighted by atomic mass is 35.5. The maximum absolute atomic E-state index is 6.25. The second-order valence-corrected chi connectivity index (χ2v) is 7.78. The highest BCUT2D eigenvalue weighted by molar-refractivity contribution is 6.30. The number of hydrogen-bond acceptors (Lipinski definition) is 2. The number of benzene rings is 1. The average Bonchev–Trinajstić information content (AvgIpc) is 2.82. The molecule has 0 atom stereocenters. The van der Waals surface area contributed by atoms with Crippen LogP contribution in [-0.4, -0.2) is 19.7 Å². The van der Waals surface area contributed by atoms with Gasteiger partial charge in [-0.05, 0) is 60.5 Å². The van der Waals surface area contributed by atoms with Gasteiger partial charge in [-0.2, -0.15) is 0 Å². The molecule has 1 N–H and O–H groups in total. The third-order valence-corrected chi connectivity index (χ3v) is 4.24. The summed E-state index contributed by atoms with van der Waals surface area (Å²) in [5.41, 5.74) is 2.78. The summed E-state index contributed by atoms with van der Waals surface area (Å²) >= 11 is 6.25. The normalized spacial score (nSPS) is 14.4. The van der Waals surface area contributed by atoms with Crippen LogP contribution >= 0.6 is 11.6 Å². The van der Waals surface area contributed by atoms with E-state index in [1.54, 1.807) is 0 Å². The number of nitrogens with one attached hydrogen (secondary N) is 1. The predicted molar refractivity (Wildman–Crippen MR) is 90.5 cm³/mol. The first-order valence-corrected chi connectivity index (χ1v) is 8.40. The van der Waals surface area contributed by atoms with E-state index in [2.05, 4.69) is 39.1 Å². The van der Waals surface area contributed by atoms with Crippen LogP contribution in [0.15, 0.2) is 12.1 Å². The first-order chi connectivity index (χ1) is 9.87. The van der Waals surface area contributed by atoms with Gasteiger partial charge in [0.25, 0.3) is 0 Å². The largest absolute Gasteiger partial charge is 0.493 e. The Hall–Kier alpha value is -0.730. The van der Waals surface area contributed by atoms with Crippen molar-refractivity contribution in [3.05, 3.63) is 28.3 Å². The molecule has 0 fully saturated rings. The average molecular weight is 310 g/mol. The van der Waals surface area contributed by atoms with Crippen LogP contribution in [0.5, 0.6) is 5.75 Å². The molecule has 0 saturated heterocycles. The Kier molecular flexibility index (Phi) is 5.56. The lowest BCUT2D eigenvalue weighted by atomic mass is 9.82. The minimum Gasteiger partial charge on any atom is -0.493 e. The van der Waals surface area contributed by atoms with Crippen LogP contribution in [0.2, 0.25) is 5.02 Å². The smallest absolute Gasteiger partial charge is 0.125 e. The summed E-state index contributed by atoms with van der Waals surface area (Å²) in [6.45, 7) is 12.1. The molecule has 1 aliphatic rings. The van der Waals surface area contributed by atoms with Crippen molar-refractivity contribution in [3.63, 3.8) is 0 Å². The highest BCUT2D eigenvalue weighted by Gasteiger charge is 2.24. The molecule has 1 aliphatic heterocycles. The zero-order valence-corrected chi connectivity index (χ0v) is 14.5. The number of fused-ring (bicyclic) bond motifs is 1. The summed E-state index contributed by atoms with van der Waals surface area (Å²) < 4.78 is 5.81. The number of ether oxygens (including phenoxy) is 1. The molecule has 0 spiro atoms. The second kappa shape index (κ2) is 7.02. The van der Waals surface area contributed by atoms with Gasteiger partial charge >= 0.3 is 0 Å². The van der Waals surface area contributed by atoms with Crippen molar-refractivity contribution in [1.29, 1.82) is 0 Å². The standard InChI is InChI=1S/C18H28ClNO/c1-13(2)12-20-7-6-18(3,4)11-15-10-16(19)9-14-5-8-21-17(14)15/h9-10,13,20H,5-8,11-12H2,1-4H3. The van der Waals surface area contributed by atoms with Crippen molar-refractivity contribution < 1.29 is 4.74 Å². The molecule has 0 amide bonds. The summed E-state index contributed by atoms with van der Waals surface area (Å²) in [6.07, 6.45) is 3.15. The van der Waals surface area contributed by atoms with Crippen LogP contribution in [0.3, 0.4) is 0 Å². The van der Waals surface area contributed by atoms with E-state index in [0.29, 0.717) is 5.92 Å². The molecule has 0 bridgehead atoms. The molecule has 0 aromatic heterocycles. The molecule has 0 radical (unpaired) electrons. The van der Waals surface area contributed by atoms with Crippen molar-refractivity contribution in [2.75, 3.05) is 19.7 Å². The van der Waals surface area contributed by atoms with Crippen LogP contribution in [-0.2, 0) is 12.8 Å². The fraction of sp³-hybridized carbons (Fsp3) is 0.667. The molecule has 1 aromatic rings. The van der Waals surface area contributed by atoms with E-state index in [1.165, 1.54) is 11.1 Å². The first-order valence-electron chi connectivity index (χ1n) is 8.02.